The Balaban J connectivity index is 0.00000363. The second-order valence-electron chi connectivity index (χ2n) is 7.97. The lowest BCUT2D eigenvalue weighted by atomic mass is 10.1. The Kier molecular flexibility index (Phi) is 10.3. The number of hydrogen-bond donors (Lipinski definition) is 2. The number of alkyl halides is 3. The molecule has 0 spiro atoms. The van der Waals surface area contributed by atoms with Crippen LogP contribution in [0.2, 0.25) is 0 Å². The molecule has 0 radical (unpaired) electrons. The number of guanidine groups is 1. The molecule has 1 saturated carbocycles. The third-order valence-electron chi connectivity index (χ3n) is 5.71. The fourth-order valence-corrected chi connectivity index (χ4v) is 3.99. The first kappa shape index (κ1) is 26.5. The molecule has 0 aromatic heterocycles. The van der Waals surface area contributed by atoms with E-state index in [1.54, 1.807) is 0 Å². The molecule has 1 heterocycles. The van der Waals surface area contributed by atoms with E-state index >= 15 is 0 Å². The van der Waals surface area contributed by atoms with Gasteiger partial charge in [0, 0.05) is 45.2 Å². The van der Waals surface area contributed by atoms with E-state index in [2.05, 4.69) is 19.9 Å². The number of hydrogen-bond acceptors (Lipinski definition) is 4. The molecule has 1 aliphatic heterocycles. The summed E-state index contributed by atoms with van der Waals surface area (Å²) >= 11 is 0. The molecule has 3 rings (SSSR count). The van der Waals surface area contributed by atoms with Gasteiger partial charge in [0.25, 0.3) is 0 Å². The maximum absolute atomic E-state index is 12.5. The van der Waals surface area contributed by atoms with E-state index in [1.165, 1.54) is 37.1 Å². The average Bonchev–Trinajstić information content (AvgIpc) is 3.27. The normalized spacial score (nSPS) is 18.3. The van der Waals surface area contributed by atoms with Crippen molar-refractivity contribution in [3.8, 4) is 5.75 Å². The van der Waals surface area contributed by atoms with E-state index in [4.69, 9.17) is 5.73 Å². The molecule has 32 heavy (non-hydrogen) atoms. The fourth-order valence-electron chi connectivity index (χ4n) is 3.99. The predicted octanol–water partition coefficient (Wildman–Crippen LogP) is 2.94. The number of carbonyl (C=O) groups excluding carboxylic acids is 1. The molecule has 0 unspecified atom stereocenters. The number of rotatable bonds is 7. The van der Waals surface area contributed by atoms with Gasteiger partial charge in [-0.25, -0.2) is 4.99 Å². The SMILES string of the molecule is I.NC(=NCc1ccc(OC(F)(F)F)cc1)NCCN1CCN(C(=O)C2CCCC2)CC1. The van der Waals surface area contributed by atoms with Gasteiger partial charge < -0.3 is 20.7 Å². The van der Waals surface area contributed by atoms with Crippen LogP contribution in [0.4, 0.5) is 13.2 Å². The number of aliphatic imine (C=N–C) groups is 1. The van der Waals surface area contributed by atoms with Crippen molar-refractivity contribution in [1.29, 1.82) is 0 Å². The minimum absolute atomic E-state index is 0. The van der Waals surface area contributed by atoms with E-state index in [1.807, 2.05) is 4.90 Å². The summed E-state index contributed by atoms with van der Waals surface area (Å²) in [5.41, 5.74) is 6.60. The van der Waals surface area contributed by atoms with Gasteiger partial charge in [0.2, 0.25) is 5.91 Å². The summed E-state index contributed by atoms with van der Waals surface area (Å²) in [6.45, 7) is 4.93. The number of amides is 1. The zero-order chi connectivity index (χ0) is 22.3. The molecular weight excluding hydrogens is 538 g/mol. The molecule has 1 aliphatic carbocycles. The topological polar surface area (TPSA) is 83.2 Å². The van der Waals surface area contributed by atoms with Gasteiger partial charge in [-0.15, -0.1) is 37.1 Å². The Hall–Kier alpha value is -1.76. The van der Waals surface area contributed by atoms with Gasteiger partial charge in [0.05, 0.1) is 6.54 Å². The molecule has 0 atom stereocenters. The van der Waals surface area contributed by atoms with E-state index < -0.39 is 6.36 Å². The summed E-state index contributed by atoms with van der Waals surface area (Å²) < 4.78 is 40.4. The molecule has 1 amide bonds. The van der Waals surface area contributed by atoms with Gasteiger partial charge in [-0.3, -0.25) is 9.69 Å². The minimum Gasteiger partial charge on any atom is -0.406 e. The molecule has 1 aromatic carbocycles. The standard InChI is InChI=1S/C21H30F3N5O2.HI/c22-21(23,24)31-18-7-5-16(6-8-18)15-27-20(25)26-9-10-28-11-13-29(14-12-28)19(30)17-3-1-2-4-17;/h5-8,17H,1-4,9-15H2,(H3,25,26,27);1H. The molecule has 180 valence electrons. The first-order chi connectivity index (χ1) is 14.8. The molecule has 2 fully saturated rings. The highest BCUT2D eigenvalue weighted by Gasteiger charge is 2.31. The average molecular weight is 569 g/mol. The third-order valence-corrected chi connectivity index (χ3v) is 5.71. The molecule has 1 aromatic rings. The van der Waals surface area contributed by atoms with Crippen molar-refractivity contribution in [1.82, 2.24) is 15.1 Å². The van der Waals surface area contributed by atoms with Crippen LogP contribution in [0.15, 0.2) is 29.3 Å². The number of carbonyl (C=O) groups is 1. The van der Waals surface area contributed by atoms with Gasteiger partial charge in [0.15, 0.2) is 5.96 Å². The van der Waals surface area contributed by atoms with Crippen LogP contribution in [0.25, 0.3) is 0 Å². The zero-order valence-electron chi connectivity index (χ0n) is 17.9. The van der Waals surface area contributed by atoms with E-state index in [9.17, 15) is 18.0 Å². The summed E-state index contributed by atoms with van der Waals surface area (Å²) in [5.74, 6) is 0.573. The van der Waals surface area contributed by atoms with Crippen molar-refractivity contribution in [2.75, 3.05) is 39.3 Å². The van der Waals surface area contributed by atoms with Crippen LogP contribution < -0.4 is 15.8 Å². The van der Waals surface area contributed by atoms with Crippen molar-refractivity contribution in [3.63, 3.8) is 0 Å². The van der Waals surface area contributed by atoms with Gasteiger partial charge in [-0.1, -0.05) is 25.0 Å². The van der Waals surface area contributed by atoms with Gasteiger partial charge >= 0.3 is 6.36 Å². The smallest absolute Gasteiger partial charge is 0.406 e. The van der Waals surface area contributed by atoms with Gasteiger partial charge in [0.1, 0.15) is 5.75 Å². The molecule has 7 nitrogen and oxygen atoms in total. The number of nitrogens with zero attached hydrogens (tertiary/aromatic N) is 3. The van der Waals surface area contributed by atoms with Crippen molar-refractivity contribution in [2.45, 2.75) is 38.6 Å². The Morgan fingerprint density at radius 2 is 1.75 bits per heavy atom. The molecule has 0 bridgehead atoms. The zero-order valence-corrected chi connectivity index (χ0v) is 20.3. The molecular formula is C21H31F3IN5O2. The Morgan fingerprint density at radius 1 is 1.12 bits per heavy atom. The minimum atomic E-state index is -4.70. The number of benzene rings is 1. The fraction of sp³-hybridized carbons (Fsp3) is 0.619. The number of nitrogens with one attached hydrogen (secondary N) is 1. The monoisotopic (exact) mass is 569 g/mol. The van der Waals surface area contributed by atoms with Crippen LogP contribution in [-0.4, -0.2) is 67.3 Å². The highest BCUT2D eigenvalue weighted by Crippen LogP contribution is 2.27. The number of nitrogens with two attached hydrogens (primary N) is 1. The molecule has 1 saturated heterocycles. The molecule has 2 aliphatic rings. The van der Waals surface area contributed by atoms with Crippen LogP contribution in [0.3, 0.4) is 0 Å². The quantitative estimate of drug-likeness (QED) is 0.300. The van der Waals surface area contributed by atoms with E-state index in [-0.39, 0.29) is 48.1 Å². The van der Waals surface area contributed by atoms with Crippen molar-refractivity contribution in [3.05, 3.63) is 29.8 Å². The first-order valence-electron chi connectivity index (χ1n) is 10.7. The highest BCUT2D eigenvalue weighted by atomic mass is 127. The van der Waals surface area contributed by atoms with Crippen LogP contribution in [0, 0.1) is 5.92 Å². The van der Waals surface area contributed by atoms with Crippen molar-refractivity contribution < 1.29 is 22.7 Å². The van der Waals surface area contributed by atoms with Crippen LogP contribution in [0.1, 0.15) is 31.2 Å². The maximum Gasteiger partial charge on any atom is 0.573 e. The lowest BCUT2D eigenvalue weighted by Crippen LogP contribution is -2.51. The van der Waals surface area contributed by atoms with Crippen LogP contribution in [-0.2, 0) is 11.3 Å². The van der Waals surface area contributed by atoms with Crippen LogP contribution >= 0.6 is 24.0 Å². The molecule has 11 heteroatoms. The number of ether oxygens (including phenoxy) is 1. The second kappa shape index (κ2) is 12.5. The third kappa shape index (κ3) is 8.64. The van der Waals surface area contributed by atoms with Crippen molar-refractivity contribution in [2.24, 2.45) is 16.6 Å². The summed E-state index contributed by atoms with van der Waals surface area (Å²) in [4.78, 5) is 21.0. The van der Waals surface area contributed by atoms with E-state index in [0.717, 1.165) is 51.1 Å². The van der Waals surface area contributed by atoms with Gasteiger partial charge in [-0.05, 0) is 30.5 Å². The first-order valence-corrected chi connectivity index (χ1v) is 10.7. The number of halogens is 4. The van der Waals surface area contributed by atoms with E-state index in [0.29, 0.717) is 12.5 Å². The Bertz CT molecular complexity index is 747. The lowest BCUT2D eigenvalue weighted by Gasteiger charge is -2.36. The molecule has 3 N–H and O–H groups in total. The Morgan fingerprint density at radius 3 is 2.34 bits per heavy atom. The predicted molar refractivity (Wildman–Crippen MR) is 127 cm³/mol. The second-order valence-corrected chi connectivity index (χ2v) is 7.97. The summed E-state index contributed by atoms with van der Waals surface area (Å²) in [7, 11) is 0. The summed E-state index contributed by atoms with van der Waals surface area (Å²) in [6.07, 6.45) is -0.294. The Labute approximate surface area is 203 Å². The maximum atomic E-state index is 12.5. The largest absolute Gasteiger partial charge is 0.573 e. The number of piperazine rings is 1. The summed E-state index contributed by atoms with van der Waals surface area (Å²) in [6, 6.07) is 5.53. The lowest BCUT2D eigenvalue weighted by molar-refractivity contribution is -0.274. The van der Waals surface area contributed by atoms with Crippen LogP contribution in [0.5, 0.6) is 5.75 Å². The van der Waals surface area contributed by atoms with Gasteiger partial charge in [-0.2, -0.15) is 0 Å². The van der Waals surface area contributed by atoms with Crippen molar-refractivity contribution >= 4 is 35.8 Å². The summed E-state index contributed by atoms with van der Waals surface area (Å²) in [5, 5.41) is 3.05. The highest BCUT2D eigenvalue weighted by molar-refractivity contribution is 14.0.